The molecule has 0 aliphatic rings. The first-order chi connectivity index (χ1) is 8.27. The van der Waals surface area contributed by atoms with Crippen LogP contribution in [-0.2, 0) is 6.54 Å². The number of rotatable bonds is 6. The fraction of sp³-hybridized carbons (Fsp3) is 0.429. The molecule has 0 aliphatic heterocycles. The van der Waals surface area contributed by atoms with Crippen molar-refractivity contribution in [3.05, 3.63) is 36.0 Å². The van der Waals surface area contributed by atoms with Gasteiger partial charge >= 0.3 is 0 Å². The Hall–Kier alpha value is -1.32. The van der Waals surface area contributed by atoms with Crippen molar-refractivity contribution in [1.29, 1.82) is 0 Å². The topological polar surface area (TPSA) is 48.0 Å². The molecular weight excluding hydrogens is 212 g/mol. The monoisotopic (exact) mass is 232 g/mol. The third-order valence-electron chi connectivity index (χ3n) is 2.97. The third kappa shape index (κ3) is 3.32. The summed E-state index contributed by atoms with van der Waals surface area (Å²) in [5.41, 5.74) is 2.49. The fourth-order valence-electron chi connectivity index (χ4n) is 2.02. The number of fused-ring (bicyclic) bond motifs is 1. The summed E-state index contributed by atoms with van der Waals surface area (Å²) in [5.74, 6) is 0. The Kier molecular flexibility index (Phi) is 4.18. The fourth-order valence-corrected chi connectivity index (χ4v) is 2.02. The maximum atomic E-state index is 9.14. The van der Waals surface area contributed by atoms with Crippen LogP contribution in [0.1, 0.15) is 25.3 Å². The van der Waals surface area contributed by atoms with Crippen LogP contribution in [0.15, 0.2) is 30.5 Å². The Morgan fingerprint density at radius 3 is 3.00 bits per heavy atom. The molecule has 1 aromatic heterocycles. The van der Waals surface area contributed by atoms with E-state index in [9.17, 15) is 0 Å². The Morgan fingerprint density at radius 1 is 1.35 bits per heavy atom. The van der Waals surface area contributed by atoms with Crippen LogP contribution in [-0.4, -0.2) is 22.7 Å². The highest BCUT2D eigenvalue weighted by Crippen LogP contribution is 2.17. The number of H-pyrrole nitrogens is 1. The van der Waals surface area contributed by atoms with E-state index in [2.05, 4.69) is 34.7 Å². The summed E-state index contributed by atoms with van der Waals surface area (Å²) < 4.78 is 0. The summed E-state index contributed by atoms with van der Waals surface area (Å²) >= 11 is 0. The summed E-state index contributed by atoms with van der Waals surface area (Å²) in [6.07, 6.45) is 3.75. The Labute approximate surface area is 102 Å². The zero-order chi connectivity index (χ0) is 12.1. The lowest BCUT2D eigenvalue weighted by Gasteiger charge is -2.05. The van der Waals surface area contributed by atoms with Crippen molar-refractivity contribution in [1.82, 2.24) is 10.3 Å². The van der Waals surface area contributed by atoms with E-state index >= 15 is 0 Å². The highest BCUT2D eigenvalue weighted by atomic mass is 16.3. The van der Waals surface area contributed by atoms with Gasteiger partial charge in [0.05, 0.1) is 6.10 Å². The first-order valence-electron chi connectivity index (χ1n) is 6.21. The van der Waals surface area contributed by atoms with Crippen molar-refractivity contribution >= 4 is 10.9 Å². The zero-order valence-electron chi connectivity index (χ0n) is 10.2. The van der Waals surface area contributed by atoms with Crippen molar-refractivity contribution in [2.24, 2.45) is 0 Å². The van der Waals surface area contributed by atoms with E-state index < -0.39 is 0 Å². The standard InChI is InChI=1S/C14H20N2O/c1-11(17)5-4-8-15-9-12-10-16-14-7-3-2-6-13(12)14/h2-3,6-7,10-11,15-17H,4-5,8-9H2,1H3. The molecule has 0 spiro atoms. The molecule has 3 nitrogen and oxygen atoms in total. The van der Waals surface area contributed by atoms with Gasteiger partial charge in [0.1, 0.15) is 0 Å². The van der Waals surface area contributed by atoms with Gasteiger partial charge in [-0.2, -0.15) is 0 Å². The number of aliphatic hydroxyl groups is 1. The van der Waals surface area contributed by atoms with Crippen molar-refractivity contribution in [3.8, 4) is 0 Å². The molecule has 2 aromatic rings. The molecule has 0 saturated heterocycles. The second-order valence-electron chi connectivity index (χ2n) is 4.53. The molecule has 3 heteroatoms. The molecule has 17 heavy (non-hydrogen) atoms. The van der Waals surface area contributed by atoms with Gasteiger partial charge < -0.3 is 15.4 Å². The Morgan fingerprint density at radius 2 is 2.18 bits per heavy atom. The third-order valence-corrected chi connectivity index (χ3v) is 2.97. The van der Waals surface area contributed by atoms with E-state index in [0.717, 1.165) is 25.9 Å². The second kappa shape index (κ2) is 5.84. The lowest BCUT2D eigenvalue weighted by Crippen LogP contribution is -2.16. The highest BCUT2D eigenvalue weighted by molar-refractivity contribution is 5.82. The molecule has 1 atom stereocenters. The molecule has 0 bridgehead atoms. The molecule has 1 heterocycles. The van der Waals surface area contributed by atoms with Gasteiger partial charge in [0.2, 0.25) is 0 Å². The lowest BCUT2D eigenvalue weighted by atomic mass is 10.1. The summed E-state index contributed by atoms with van der Waals surface area (Å²) in [5, 5.41) is 13.8. The first kappa shape index (κ1) is 12.1. The molecule has 3 N–H and O–H groups in total. The van der Waals surface area contributed by atoms with Gasteiger partial charge in [0.15, 0.2) is 0 Å². The van der Waals surface area contributed by atoms with Gasteiger partial charge in [0, 0.05) is 23.6 Å². The van der Waals surface area contributed by atoms with E-state index in [1.54, 1.807) is 0 Å². The summed E-state index contributed by atoms with van der Waals surface area (Å²) in [6.45, 7) is 3.66. The minimum Gasteiger partial charge on any atom is -0.393 e. The molecule has 0 fully saturated rings. The van der Waals surface area contributed by atoms with Gasteiger partial charge in [0.25, 0.3) is 0 Å². The average Bonchev–Trinajstić information content (AvgIpc) is 2.72. The maximum absolute atomic E-state index is 9.14. The van der Waals surface area contributed by atoms with Gasteiger partial charge in [-0.05, 0) is 37.9 Å². The molecule has 2 rings (SSSR count). The summed E-state index contributed by atoms with van der Waals surface area (Å²) in [7, 11) is 0. The van der Waals surface area contributed by atoms with E-state index in [1.165, 1.54) is 16.5 Å². The van der Waals surface area contributed by atoms with Gasteiger partial charge in [-0.1, -0.05) is 18.2 Å². The van der Waals surface area contributed by atoms with E-state index in [1.807, 2.05) is 13.0 Å². The average molecular weight is 232 g/mol. The van der Waals surface area contributed by atoms with Gasteiger partial charge in [-0.15, -0.1) is 0 Å². The van der Waals surface area contributed by atoms with Gasteiger partial charge in [-0.3, -0.25) is 0 Å². The molecule has 1 aromatic carbocycles. The molecule has 0 aliphatic carbocycles. The van der Waals surface area contributed by atoms with Crippen molar-refractivity contribution < 1.29 is 5.11 Å². The lowest BCUT2D eigenvalue weighted by molar-refractivity contribution is 0.181. The number of aromatic nitrogens is 1. The first-order valence-corrected chi connectivity index (χ1v) is 6.21. The van der Waals surface area contributed by atoms with Crippen LogP contribution in [0.3, 0.4) is 0 Å². The van der Waals surface area contributed by atoms with Crippen LogP contribution >= 0.6 is 0 Å². The van der Waals surface area contributed by atoms with Crippen LogP contribution in [0.5, 0.6) is 0 Å². The predicted molar refractivity (Wildman–Crippen MR) is 70.9 cm³/mol. The van der Waals surface area contributed by atoms with Crippen LogP contribution in [0.25, 0.3) is 10.9 Å². The zero-order valence-corrected chi connectivity index (χ0v) is 10.2. The van der Waals surface area contributed by atoms with Gasteiger partial charge in [-0.25, -0.2) is 0 Å². The summed E-state index contributed by atoms with van der Waals surface area (Å²) in [6, 6.07) is 8.33. The normalized spacial score (nSPS) is 13.1. The number of aromatic amines is 1. The SMILES string of the molecule is CC(O)CCCNCc1c[nH]c2ccccc12. The van der Waals surface area contributed by atoms with Crippen LogP contribution in [0.2, 0.25) is 0 Å². The molecule has 0 amide bonds. The van der Waals surface area contributed by atoms with Crippen molar-refractivity contribution in [2.45, 2.75) is 32.4 Å². The number of para-hydroxylation sites is 1. The number of benzene rings is 1. The summed E-state index contributed by atoms with van der Waals surface area (Å²) in [4.78, 5) is 3.27. The Bertz CT molecular complexity index is 462. The molecule has 1 unspecified atom stereocenters. The van der Waals surface area contributed by atoms with E-state index in [-0.39, 0.29) is 6.10 Å². The maximum Gasteiger partial charge on any atom is 0.0512 e. The van der Waals surface area contributed by atoms with E-state index in [0.29, 0.717) is 0 Å². The van der Waals surface area contributed by atoms with Crippen molar-refractivity contribution in [2.75, 3.05) is 6.54 Å². The number of aliphatic hydroxyl groups excluding tert-OH is 1. The largest absolute Gasteiger partial charge is 0.393 e. The van der Waals surface area contributed by atoms with Crippen LogP contribution in [0, 0.1) is 0 Å². The number of hydrogen-bond acceptors (Lipinski definition) is 2. The Balaban J connectivity index is 1.83. The smallest absolute Gasteiger partial charge is 0.0512 e. The van der Waals surface area contributed by atoms with E-state index in [4.69, 9.17) is 5.11 Å². The molecule has 92 valence electrons. The predicted octanol–water partition coefficient (Wildman–Crippen LogP) is 2.42. The minimum absolute atomic E-state index is 0.190. The second-order valence-corrected chi connectivity index (χ2v) is 4.53. The quantitative estimate of drug-likeness (QED) is 0.670. The number of nitrogens with one attached hydrogen (secondary N) is 2. The minimum atomic E-state index is -0.190. The van der Waals surface area contributed by atoms with Crippen LogP contribution in [0.4, 0.5) is 0 Å². The molecule has 0 radical (unpaired) electrons. The molecule has 0 saturated carbocycles. The number of hydrogen-bond donors (Lipinski definition) is 3. The highest BCUT2D eigenvalue weighted by Gasteiger charge is 2.01. The van der Waals surface area contributed by atoms with Crippen LogP contribution < -0.4 is 5.32 Å². The van der Waals surface area contributed by atoms with Crippen molar-refractivity contribution in [3.63, 3.8) is 0 Å². The molecular formula is C14H20N2O.